The lowest BCUT2D eigenvalue weighted by Gasteiger charge is -2.23. The predicted octanol–water partition coefficient (Wildman–Crippen LogP) is 1.72. The summed E-state index contributed by atoms with van der Waals surface area (Å²) < 4.78 is 15.9. The molecule has 1 atom stereocenters. The van der Waals surface area contributed by atoms with Gasteiger partial charge in [-0.3, -0.25) is 0 Å². The van der Waals surface area contributed by atoms with E-state index in [9.17, 15) is 4.39 Å². The van der Waals surface area contributed by atoms with Crippen LogP contribution >= 0.6 is 0 Å². The van der Waals surface area contributed by atoms with Crippen LogP contribution in [0.4, 0.5) is 10.2 Å². The molecule has 19 heavy (non-hydrogen) atoms. The molecule has 0 fully saturated rings. The van der Waals surface area contributed by atoms with Crippen LogP contribution in [0.5, 0.6) is 0 Å². The number of fused-ring (bicyclic) bond motifs is 1. The van der Waals surface area contributed by atoms with Crippen molar-refractivity contribution in [1.29, 1.82) is 0 Å². The van der Waals surface area contributed by atoms with Gasteiger partial charge in [0.25, 0.3) is 0 Å². The van der Waals surface area contributed by atoms with E-state index in [0.29, 0.717) is 12.1 Å². The molecule has 1 N–H and O–H groups in total. The van der Waals surface area contributed by atoms with Crippen LogP contribution in [0.1, 0.15) is 37.3 Å². The van der Waals surface area contributed by atoms with Crippen molar-refractivity contribution < 1.29 is 4.39 Å². The van der Waals surface area contributed by atoms with Crippen LogP contribution in [0, 0.1) is 5.82 Å². The molecular weight excluding hydrogens is 247 g/mol. The van der Waals surface area contributed by atoms with E-state index in [0.717, 1.165) is 25.2 Å². The first-order valence-electron chi connectivity index (χ1n) is 6.43. The summed E-state index contributed by atoms with van der Waals surface area (Å²) in [6, 6.07) is -0.0506. The molecular formula is C12H15FN6. The standard InChI is InChI=1S/C12H15FN6/c1-2-8-10(13)11(15-6-14-8)18-9-4-3-5-19-12(9)16-7-17-19/h6-7,9H,2-5H2,1H3,(H,14,15,18). The lowest BCUT2D eigenvalue weighted by Crippen LogP contribution is -2.23. The quantitative estimate of drug-likeness (QED) is 0.912. The van der Waals surface area contributed by atoms with Gasteiger partial charge in [-0.25, -0.2) is 24.0 Å². The number of hydrogen-bond acceptors (Lipinski definition) is 5. The van der Waals surface area contributed by atoms with E-state index in [1.165, 1.54) is 12.7 Å². The lowest BCUT2D eigenvalue weighted by atomic mass is 10.1. The number of nitrogens with zero attached hydrogens (tertiary/aromatic N) is 5. The Kier molecular flexibility index (Phi) is 3.10. The number of rotatable bonds is 3. The van der Waals surface area contributed by atoms with Gasteiger partial charge >= 0.3 is 0 Å². The molecule has 7 heteroatoms. The minimum atomic E-state index is -0.373. The largest absolute Gasteiger partial charge is 0.358 e. The third kappa shape index (κ3) is 2.16. The van der Waals surface area contributed by atoms with Gasteiger partial charge in [-0.1, -0.05) is 6.92 Å². The highest BCUT2D eigenvalue weighted by Gasteiger charge is 2.24. The fraction of sp³-hybridized carbons (Fsp3) is 0.500. The third-order valence-corrected chi connectivity index (χ3v) is 3.33. The van der Waals surface area contributed by atoms with Crippen LogP contribution in [0.25, 0.3) is 0 Å². The highest BCUT2D eigenvalue weighted by Crippen LogP contribution is 2.27. The fourth-order valence-electron chi connectivity index (χ4n) is 2.34. The zero-order valence-electron chi connectivity index (χ0n) is 10.7. The highest BCUT2D eigenvalue weighted by atomic mass is 19.1. The Labute approximate surface area is 110 Å². The summed E-state index contributed by atoms with van der Waals surface area (Å²) >= 11 is 0. The normalized spacial score (nSPS) is 18.1. The Hall–Kier alpha value is -2.05. The Balaban J connectivity index is 1.87. The highest BCUT2D eigenvalue weighted by molar-refractivity contribution is 5.39. The first kappa shape index (κ1) is 12.0. The second-order valence-corrected chi connectivity index (χ2v) is 4.52. The number of anilines is 1. The van der Waals surface area contributed by atoms with Crippen molar-refractivity contribution >= 4 is 5.82 Å². The van der Waals surface area contributed by atoms with E-state index in [1.54, 1.807) is 0 Å². The molecule has 100 valence electrons. The van der Waals surface area contributed by atoms with Crippen molar-refractivity contribution in [3.8, 4) is 0 Å². The van der Waals surface area contributed by atoms with Crippen molar-refractivity contribution in [1.82, 2.24) is 24.7 Å². The van der Waals surface area contributed by atoms with Crippen LogP contribution in [0.3, 0.4) is 0 Å². The summed E-state index contributed by atoms with van der Waals surface area (Å²) in [5, 5.41) is 7.26. The van der Waals surface area contributed by atoms with Gasteiger partial charge in [0.1, 0.15) is 18.5 Å². The monoisotopic (exact) mass is 262 g/mol. The Morgan fingerprint density at radius 2 is 2.26 bits per heavy atom. The van der Waals surface area contributed by atoms with Crippen molar-refractivity contribution in [3.63, 3.8) is 0 Å². The molecule has 0 aliphatic carbocycles. The Morgan fingerprint density at radius 1 is 1.37 bits per heavy atom. The van der Waals surface area contributed by atoms with Crippen LogP contribution in [-0.2, 0) is 13.0 Å². The molecule has 0 bridgehead atoms. The second-order valence-electron chi connectivity index (χ2n) is 4.52. The van der Waals surface area contributed by atoms with Crippen molar-refractivity contribution in [2.24, 2.45) is 0 Å². The summed E-state index contributed by atoms with van der Waals surface area (Å²) in [5.41, 5.74) is 0.426. The van der Waals surface area contributed by atoms with Gasteiger partial charge < -0.3 is 5.32 Å². The molecule has 0 spiro atoms. The molecule has 0 aromatic carbocycles. The average molecular weight is 262 g/mol. The molecule has 3 heterocycles. The molecule has 0 radical (unpaired) electrons. The minimum Gasteiger partial charge on any atom is -0.358 e. The summed E-state index contributed by atoms with van der Waals surface area (Å²) in [6.07, 6.45) is 5.34. The fourth-order valence-corrected chi connectivity index (χ4v) is 2.34. The maximum absolute atomic E-state index is 14.1. The Morgan fingerprint density at radius 3 is 3.11 bits per heavy atom. The van der Waals surface area contributed by atoms with E-state index in [-0.39, 0.29) is 17.7 Å². The van der Waals surface area contributed by atoms with Crippen LogP contribution in [0.2, 0.25) is 0 Å². The van der Waals surface area contributed by atoms with Gasteiger partial charge in [-0.15, -0.1) is 0 Å². The van der Waals surface area contributed by atoms with E-state index >= 15 is 0 Å². The first-order chi connectivity index (χ1) is 9.29. The van der Waals surface area contributed by atoms with Gasteiger partial charge in [0.05, 0.1) is 11.7 Å². The average Bonchev–Trinajstić information content (AvgIpc) is 2.90. The zero-order chi connectivity index (χ0) is 13.2. The second kappa shape index (κ2) is 4.91. The topological polar surface area (TPSA) is 68.5 Å². The smallest absolute Gasteiger partial charge is 0.186 e. The third-order valence-electron chi connectivity index (χ3n) is 3.33. The molecule has 1 aliphatic heterocycles. The van der Waals surface area contributed by atoms with E-state index in [2.05, 4.69) is 25.4 Å². The van der Waals surface area contributed by atoms with Crippen LogP contribution in [-0.4, -0.2) is 24.7 Å². The maximum atomic E-state index is 14.1. The summed E-state index contributed by atoms with van der Waals surface area (Å²) in [6.45, 7) is 2.73. The number of aryl methyl sites for hydroxylation is 2. The Bertz CT molecular complexity index is 581. The molecule has 2 aromatic rings. The van der Waals surface area contributed by atoms with Gasteiger partial charge in [-0.05, 0) is 19.3 Å². The summed E-state index contributed by atoms with van der Waals surface area (Å²) in [4.78, 5) is 12.1. The number of nitrogens with one attached hydrogen (secondary N) is 1. The van der Waals surface area contributed by atoms with Gasteiger partial charge in [0, 0.05) is 6.54 Å². The van der Waals surface area contributed by atoms with Gasteiger partial charge in [0.15, 0.2) is 11.6 Å². The van der Waals surface area contributed by atoms with Gasteiger partial charge in [0.2, 0.25) is 0 Å². The molecule has 1 aliphatic rings. The summed E-state index contributed by atoms with van der Waals surface area (Å²) in [7, 11) is 0. The first-order valence-corrected chi connectivity index (χ1v) is 6.43. The lowest BCUT2D eigenvalue weighted by molar-refractivity contribution is 0.435. The van der Waals surface area contributed by atoms with Crippen molar-refractivity contribution in [2.75, 3.05) is 5.32 Å². The minimum absolute atomic E-state index is 0.0506. The molecule has 0 saturated heterocycles. The van der Waals surface area contributed by atoms with Crippen molar-refractivity contribution in [2.45, 2.75) is 38.8 Å². The maximum Gasteiger partial charge on any atom is 0.186 e. The van der Waals surface area contributed by atoms with Crippen LogP contribution < -0.4 is 5.32 Å². The van der Waals surface area contributed by atoms with E-state index in [4.69, 9.17) is 0 Å². The molecule has 3 rings (SSSR count). The number of halogens is 1. The van der Waals surface area contributed by atoms with Crippen LogP contribution in [0.15, 0.2) is 12.7 Å². The number of aromatic nitrogens is 5. The zero-order valence-corrected chi connectivity index (χ0v) is 10.7. The SMILES string of the molecule is CCc1ncnc(NC2CCCn3ncnc32)c1F. The van der Waals surface area contributed by atoms with Crippen molar-refractivity contribution in [3.05, 3.63) is 30.0 Å². The molecule has 2 aromatic heterocycles. The molecule has 0 saturated carbocycles. The summed E-state index contributed by atoms with van der Waals surface area (Å²) in [5.74, 6) is 0.706. The molecule has 0 amide bonds. The van der Waals surface area contributed by atoms with E-state index < -0.39 is 0 Å². The molecule has 1 unspecified atom stereocenters. The van der Waals surface area contributed by atoms with E-state index in [1.807, 2.05) is 11.6 Å². The number of hydrogen-bond donors (Lipinski definition) is 1. The van der Waals surface area contributed by atoms with Gasteiger partial charge in [-0.2, -0.15) is 5.10 Å². The predicted molar refractivity (Wildman–Crippen MR) is 67.0 cm³/mol. The molecule has 6 nitrogen and oxygen atoms in total.